The van der Waals surface area contributed by atoms with Gasteiger partial charge in [0.05, 0.1) is 6.61 Å². The maximum atomic E-state index is 10.3. The zero-order valence-corrected chi connectivity index (χ0v) is 12.5. The summed E-state index contributed by atoms with van der Waals surface area (Å²) in [6, 6.07) is 0. The minimum absolute atomic E-state index is 0.0332. The van der Waals surface area contributed by atoms with Crippen LogP contribution in [-0.4, -0.2) is 19.6 Å². The molecule has 5 heteroatoms. The first-order chi connectivity index (χ1) is 8.49. The molecule has 0 aromatic heterocycles. The van der Waals surface area contributed by atoms with E-state index in [2.05, 4.69) is 18.0 Å². The van der Waals surface area contributed by atoms with Gasteiger partial charge in [-0.05, 0) is 12.3 Å². The summed E-state index contributed by atoms with van der Waals surface area (Å²) in [5.41, 5.74) is 0. The van der Waals surface area contributed by atoms with Crippen LogP contribution in [0.15, 0.2) is 0 Å². The number of hydrogen-bond donors (Lipinski definition) is 0. The smallest absolute Gasteiger partial charge is 0.217 e. The molecule has 1 atom stereocenters. The van der Waals surface area contributed by atoms with Crippen LogP contribution in [0.5, 0.6) is 0 Å². The SMILES string of the molecule is CCCCCCCC(CCC)CCOS(=O)(=O)[O-]. The Morgan fingerprint density at radius 2 is 1.61 bits per heavy atom. The molecule has 0 aromatic rings. The summed E-state index contributed by atoms with van der Waals surface area (Å²) < 4.78 is 35.2. The topological polar surface area (TPSA) is 66.4 Å². The van der Waals surface area contributed by atoms with Gasteiger partial charge in [0.2, 0.25) is 10.4 Å². The number of rotatable bonds is 12. The van der Waals surface area contributed by atoms with Crippen LogP contribution in [0.25, 0.3) is 0 Å². The average Bonchev–Trinajstić information content (AvgIpc) is 2.27. The molecule has 0 radical (unpaired) electrons. The van der Waals surface area contributed by atoms with E-state index in [-0.39, 0.29) is 6.61 Å². The van der Waals surface area contributed by atoms with Crippen molar-refractivity contribution in [1.82, 2.24) is 0 Å². The highest BCUT2D eigenvalue weighted by atomic mass is 32.3. The Bertz CT molecular complexity index is 275. The molecule has 0 aliphatic carbocycles. The van der Waals surface area contributed by atoms with Crippen molar-refractivity contribution in [2.75, 3.05) is 6.61 Å². The average molecular weight is 279 g/mol. The van der Waals surface area contributed by atoms with Crippen molar-refractivity contribution in [3.63, 3.8) is 0 Å². The molecule has 0 fully saturated rings. The van der Waals surface area contributed by atoms with E-state index >= 15 is 0 Å². The van der Waals surface area contributed by atoms with Crippen molar-refractivity contribution in [2.45, 2.75) is 71.6 Å². The molecule has 0 saturated heterocycles. The summed E-state index contributed by atoms with van der Waals surface area (Å²) in [7, 11) is -4.52. The van der Waals surface area contributed by atoms with E-state index in [0.29, 0.717) is 12.3 Å². The Labute approximate surface area is 112 Å². The van der Waals surface area contributed by atoms with Crippen LogP contribution in [0.3, 0.4) is 0 Å². The standard InChI is InChI=1S/C13H28O4S/c1-3-5-6-7-8-10-13(9-4-2)11-12-17-18(14,15)16/h13H,3-12H2,1-2H3,(H,14,15,16)/p-1. The summed E-state index contributed by atoms with van der Waals surface area (Å²) >= 11 is 0. The van der Waals surface area contributed by atoms with Gasteiger partial charge in [0.1, 0.15) is 0 Å². The monoisotopic (exact) mass is 279 g/mol. The van der Waals surface area contributed by atoms with Gasteiger partial charge >= 0.3 is 0 Å². The highest BCUT2D eigenvalue weighted by Gasteiger charge is 2.08. The summed E-state index contributed by atoms with van der Waals surface area (Å²) in [5, 5.41) is 0. The molecular weight excluding hydrogens is 252 g/mol. The van der Waals surface area contributed by atoms with E-state index < -0.39 is 10.4 Å². The largest absolute Gasteiger partial charge is 0.726 e. The molecule has 110 valence electrons. The van der Waals surface area contributed by atoms with Crippen molar-refractivity contribution in [3.8, 4) is 0 Å². The molecule has 0 amide bonds. The van der Waals surface area contributed by atoms with E-state index in [9.17, 15) is 13.0 Å². The second-order valence-electron chi connectivity index (χ2n) is 4.88. The first kappa shape index (κ1) is 17.9. The lowest BCUT2D eigenvalue weighted by Gasteiger charge is -2.16. The van der Waals surface area contributed by atoms with E-state index in [4.69, 9.17) is 0 Å². The predicted octanol–water partition coefficient (Wildman–Crippen LogP) is 3.63. The molecular formula is C13H27O4S-. The van der Waals surface area contributed by atoms with Crippen molar-refractivity contribution in [3.05, 3.63) is 0 Å². The van der Waals surface area contributed by atoms with E-state index in [1.807, 2.05) is 0 Å². The molecule has 0 aliphatic heterocycles. The van der Waals surface area contributed by atoms with Crippen LogP contribution in [0.1, 0.15) is 71.6 Å². The Hall–Kier alpha value is -0.130. The third-order valence-corrected chi connectivity index (χ3v) is 3.62. The van der Waals surface area contributed by atoms with Crippen molar-refractivity contribution < 1.29 is 17.2 Å². The maximum absolute atomic E-state index is 10.3. The van der Waals surface area contributed by atoms with Crippen LogP contribution in [0.4, 0.5) is 0 Å². The fourth-order valence-electron chi connectivity index (χ4n) is 2.19. The highest BCUT2D eigenvalue weighted by Crippen LogP contribution is 2.20. The third kappa shape index (κ3) is 12.3. The quantitative estimate of drug-likeness (QED) is 0.311. The van der Waals surface area contributed by atoms with Crippen LogP contribution in [0.2, 0.25) is 0 Å². The lowest BCUT2D eigenvalue weighted by molar-refractivity contribution is 0.231. The molecule has 0 saturated carbocycles. The van der Waals surface area contributed by atoms with E-state index in [0.717, 1.165) is 19.3 Å². The Morgan fingerprint density at radius 1 is 0.944 bits per heavy atom. The van der Waals surface area contributed by atoms with E-state index in [1.165, 1.54) is 32.1 Å². The second-order valence-corrected chi connectivity index (χ2v) is 5.93. The van der Waals surface area contributed by atoms with E-state index in [1.54, 1.807) is 0 Å². The van der Waals surface area contributed by atoms with Gasteiger partial charge in [-0.25, -0.2) is 8.42 Å². The zero-order chi connectivity index (χ0) is 13.9. The molecule has 0 aliphatic rings. The summed E-state index contributed by atoms with van der Waals surface area (Å²) in [4.78, 5) is 0. The van der Waals surface area contributed by atoms with Gasteiger partial charge in [-0.1, -0.05) is 65.2 Å². The third-order valence-electron chi connectivity index (χ3n) is 3.17. The normalized spacial score (nSPS) is 13.7. The van der Waals surface area contributed by atoms with Gasteiger partial charge in [0.25, 0.3) is 0 Å². The summed E-state index contributed by atoms with van der Waals surface area (Å²) in [6.07, 6.45) is 10.2. The van der Waals surface area contributed by atoms with Gasteiger partial charge in [0, 0.05) is 0 Å². The molecule has 1 unspecified atom stereocenters. The fraction of sp³-hybridized carbons (Fsp3) is 1.00. The first-order valence-corrected chi connectivity index (χ1v) is 8.43. The minimum atomic E-state index is -4.52. The Kier molecular flexibility index (Phi) is 10.7. The highest BCUT2D eigenvalue weighted by molar-refractivity contribution is 7.80. The molecule has 0 N–H and O–H groups in total. The van der Waals surface area contributed by atoms with Gasteiger partial charge in [0.15, 0.2) is 0 Å². The lowest BCUT2D eigenvalue weighted by atomic mass is 9.93. The van der Waals surface area contributed by atoms with Crippen LogP contribution in [-0.2, 0) is 14.6 Å². The molecule has 0 bridgehead atoms. The molecule has 4 nitrogen and oxygen atoms in total. The van der Waals surface area contributed by atoms with Crippen LogP contribution < -0.4 is 0 Å². The number of hydrogen-bond acceptors (Lipinski definition) is 4. The van der Waals surface area contributed by atoms with Gasteiger partial charge < -0.3 is 4.55 Å². The van der Waals surface area contributed by atoms with Crippen LogP contribution >= 0.6 is 0 Å². The first-order valence-electron chi connectivity index (χ1n) is 7.09. The van der Waals surface area contributed by atoms with Crippen molar-refractivity contribution in [1.29, 1.82) is 0 Å². The zero-order valence-electron chi connectivity index (χ0n) is 11.7. The summed E-state index contributed by atoms with van der Waals surface area (Å²) in [6.45, 7) is 4.35. The fourth-order valence-corrected chi connectivity index (χ4v) is 2.50. The van der Waals surface area contributed by atoms with Crippen molar-refractivity contribution in [2.24, 2.45) is 5.92 Å². The second kappa shape index (κ2) is 10.8. The Morgan fingerprint density at radius 3 is 2.17 bits per heavy atom. The molecule has 18 heavy (non-hydrogen) atoms. The van der Waals surface area contributed by atoms with Gasteiger partial charge in [-0.3, -0.25) is 4.18 Å². The lowest BCUT2D eigenvalue weighted by Crippen LogP contribution is -2.10. The molecule has 0 aromatic carbocycles. The molecule has 0 heterocycles. The van der Waals surface area contributed by atoms with Gasteiger partial charge in [-0.15, -0.1) is 0 Å². The number of unbranched alkanes of at least 4 members (excludes halogenated alkanes) is 4. The van der Waals surface area contributed by atoms with Crippen LogP contribution in [0, 0.1) is 5.92 Å². The van der Waals surface area contributed by atoms with Crippen molar-refractivity contribution >= 4 is 10.4 Å². The molecule has 0 rings (SSSR count). The maximum Gasteiger partial charge on any atom is 0.217 e. The summed E-state index contributed by atoms with van der Waals surface area (Å²) in [5.74, 6) is 0.485. The predicted molar refractivity (Wildman–Crippen MR) is 72.0 cm³/mol. The molecule has 0 spiro atoms. The Balaban J connectivity index is 3.71. The van der Waals surface area contributed by atoms with Gasteiger partial charge in [-0.2, -0.15) is 0 Å². The minimum Gasteiger partial charge on any atom is -0.726 e.